The Labute approximate surface area is 181 Å². The molecule has 0 aliphatic rings. The average molecular weight is 436 g/mol. The number of rotatable bonds is 15. The lowest BCUT2D eigenvalue weighted by atomic mass is 9.83. The highest BCUT2D eigenvalue weighted by atomic mass is 16.5. The molecule has 0 heterocycles. The number of aldehydes is 1. The van der Waals surface area contributed by atoms with Gasteiger partial charge in [0.2, 0.25) is 0 Å². The van der Waals surface area contributed by atoms with E-state index in [1.54, 1.807) is 13.8 Å². The maximum atomic E-state index is 10.8. The van der Waals surface area contributed by atoms with Crippen molar-refractivity contribution in [1.29, 1.82) is 0 Å². The zero-order valence-electron chi connectivity index (χ0n) is 19.9. The summed E-state index contributed by atoms with van der Waals surface area (Å²) >= 11 is 0. The molecule has 0 saturated heterocycles. The Morgan fingerprint density at radius 1 is 1.10 bits per heavy atom. The molecule has 0 aliphatic carbocycles. The summed E-state index contributed by atoms with van der Waals surface area (Å²) in [5.74, 6) is -0.669. The van der Waals surface area contributed by atoms with Gasteiger partial charge in [-0.15, -0.1) is 0 Å². The fourth-order valence-corrected chi connectivity index (χ4v) is 4.09. The first kappa shape index (κ1) is 29.4. The number of aliphatic hydroxyl groups is 5. The summed E-state index contributed by atoms with van der Waals surface area (Å²) in [6, 6.07) is -0.378. The second-order valence-corrected chi connectivity index (χ2v) is 9.46. The molecular formula is C22H45NO7. The predicted molar refractivity (Wildman–Crippen MR) is 116 cm³/mol. The Bertz CT molecular complexity index is 496. The van der Waals surface area contributed by atoms with Gasteiger partial charge >= 0.3 is 0 Å². The average Bonchev–Trinajstić information content (AvgIpc) is 2.65. The number of carbonyl (C=O) groups is 1. The van der Waals surface area contributed by atoms with E-state index in [-0.39, 0.29) is 24.8 Å². The smallest absolute Gasteiger partial charge is 0.125 e. The lowest BCUT2D eigenvalue weighted by Crippen LogP contribution is -2.58. The third-order valence-corrected chi connectivity index (χ3v) is 6.42. The van der Waals surface area contributed by atoms with Gasteiger partial charge in [-0.1, -0.05) is 20.8 Å². The van der Waals surface area contributed by atoms with Crippen molar-refractivity contribution in [3.63, 3.8) is 0 Å². The van der Waals surface area contributed by atoms with Crippen LogP contribution in [0.4, 0.5) is 0 Å². The zero-order valence-corrected chi connectivity index (χ0v) is 19.9. The highest BCUT2D eigenvalue weighted by molar-refractivity contribution is 5.53. The van der Waals surface area contributed by atoms with Crippen molar-refractivity contribution in [1.82, 2.24) is 4.90 Å². The van der Waals surface area contributed by atoms with Crippen molar-refractivity contribution in [3.05, 3.63) is 0 Å². The second kappa shape index (κ2) is 12.4. The number of nitrogens with zero attached hydrogens (tertiary/aromatic N) is 1. The maximum Gasteiger partial charge on any atom is 0.125 e. The largest absolute Gasteiger partial charge is 0.392 e. The molecule has 8 heteroatoms. The van der Waals surface area contributed by atoms with Gasteiger partial charge in [-0.3, -0.25) is 0 Å². The van der Waals surface area contributed by atoms with Crippen LogP contribution < -0.4 is 0 Å². The molecule has 8 nitrogen and oxygen atoms in total. The number of aliphatic hydroxyl groups excluding tert-OH is 3. The molecule has 0 aromatic carbocycles. The lowest BCUT2D eigenvalue weighted by Gasteiger charge is -2.42. The summed E-state index contributed by atoms with van der Waals surface area (Å²) in [4.78, 5) is 12.7. The molecule has 0 aromatic heterocycles. The van der Waals surface area contributed by atoms with E-state index in [0.717, 1.165) is 0 Å². The van der Waals surface area contributed by atoms with Crippen LogP contribution in [-0.4, -0.2) is 99.1 Å². The summed E-state index contributed by atoms with van der Waals surface area (Å²) in [5, 5.41) is 52.6. The van der Waals surface area contributed by atoms with E-state index in [4.69, 9.17) is 4.74 Å². The molecule has 0 aliphatic heterocycles. The standard InChI is InChI=1S/C22H45NO7/c1-9-19(30-8)22(6,29)20(27)16(4)23(7)12-14(2)11-21(5,28)18(26)10-17(25)15(3)13-24/h13-20,25-29H,9-12H2,1-8H3/t14-,15?,16?,17+,18-,19-,20?,21-,22-/m1/s1. The molecule has 9 atom stereocenters. The molecule has 0 radical (unpaired) electrons. The molecule has 0 saturated carbocycles. The summed E-state index contributed by atoms with van der Waals surface area (Å²) in [6.07, 6.45) is -2.41. The Morgan fingerprint density at radius 2 is 1.63 bits per heavy atom. The minimum absolute atomic E-state index is 0.0516. The first-order chi connectivity index (χ1) is 13.6. The van der Waals surface area contributed by atoms with Crippen LogP contribution in [-0.2, 0) is 9.53 Å². The van der Waals surface area contributed by atoms with Gasteiger partial charge in [-0.25, -0.2) is 0 Å². The second-order valence-electron chi connectivity index (χ2n) is 9.46. The van der Waals surface area contributed by atoms with Gasteiger partial charge in [0.1, 0.15) is 18.0 Å². The van der Waals surface area contributed by atoms with E-state index in [2.05, 4.69) is 0 Å². The highest BCUT2D eigenvalue weighted by Crippen LogP contribution is 2.27. The van der Waals surface area contributed by atoms with E-state index in [9.17, 15) is 30.3 Å². The topological polar surface area (TPSA) is 131 Å². The number of carbonyl (C=O) groups excluding carboxylic acids is 1. The maximum absolute atomic E-state index is 10.8. The Morgan fingerprint density at radius 3 is 2.07 bits per heavy atom. The van der Waals surface area contributed by atoms with Crippen LogP contribution in [0.25, 0.3) is 0 Å². The van der Waals surface area contributed by atoms with Gasteiger partial charge in [0.05, 0.1) is 23.9 Å². The minimum atomic E-state index is -1.44. The van der Waals surface area contributed by atoms with Crippen LogP contribution in [0, 0.1) is 11.8 Å². The first-order valence-electron chi connectivity index (χ1n) is 10.8. The van der Waals surface area contributed by atoms with Crippen molar-refractivity contribution >= 4 is 6.29 Å². The molecule has 5 N–H and O–H groups in total. The Hall–Kier alpha value is -0.610. The van der Waals surface area contributed by atoms with Crippen LogP contribution >= 0.6 is 0 Å². The summed E-state index contributed by atoms with van der Waals surface area (Å²) in [5.41, 5.74) is -2.87. The van der Waals surface area contributed by atoms with Gasteiger partial charge in [-0.05, 0) is 46.6 Å². The highest BCUT2D eigenvalue weighted by Gasteiger charge is 2.42. The molecule has 0 bridgehead atoms. The van der Waals surface area contributed by atoms with Crippen LogP contribution in [0.15, 0.2) is 0 Å². The molecule has 0 aromatic rings. The zero-order chi connectivity index (χ0) is 23.9. The van der Waals surface area contributed by atoms with Crippen LogP contribution in [0.1, 0.15) is 60.8 Å². The SMILES string of the molecule is CC[C@@H](OC)[C@@](C)(O)C(O)C(C)N(C)C[C@H](C)C[C@@](C)(O)[C@H](O)C[C@H](O)C(C)C=O. The van der Waals surface area contributed by atoms with E-state index in [1.165, 1.54) is 14.0 Å². The van der Waals surface area contributed by atoms with Crippen molar-refractivity contribution in [3.8, 4) is 0 Å². The molecular weight excluding hydrogens is 390 g/mol. The summed E-state index contributed by atoms with van der Waals surface area (Å²) < 4.78 is 5.31. The molecule has 0 amide bonds. The Balaban J connectivity index is 4.95. The Kier molecular flexibility index (Phi) is 12.2. The molecule has 0 spiro atoms. The third-order valence-electron chi connectivity index (χ3n) is 6.42. The van der Waals surface area contributed by atoms with Gasteiger partial charge in [0.15, 0.2) is 0 Å². The van der Waals surface area contributed by atoms with E-state index in [0.29, 0.717) is 19.3 Å². The van der Waals surface area contributed by atoms with Crippen molar-refractivity contribution < 1.29 is 35.1 Å². The first-order valence-corrected chi connectivity index (χ1v) is 10.8. The van der Waals surface area contributed by atoms with Crippen molar-refractivity contribution in [2.24, 2.45) is 11.8 Å². The molecule has 0 fully saturated rings. The van der Waals surface area contributed by atoms with Gasteiger partial charge < -0.3 is 40.0 Å². The number of methoxy groups -OCH3 is 1. The molecule has 30 heavy (non-hydrogen) atoms. The van der Waals surface area contributed by atoms with Crippen molar-refractivity contribution in [2.45, 2.75) is 102 Å². The van der Waals surface area contributed by atoms with Gasteiger partial charge in [0, 0.05) is 32.0 Å². The number of ether oxygens (including phenoxy) is 1. The fraction of sp³-hybridized carbons (Fsp3) is 0.955. The molecule has 0 rings (SSSR count). The van der Waals surface area contributed by atoms with Crippen molar-refractivity contribution in [2.75, 3.05) is 20.7 Å². The van der Waals surface area contributed by atoms with Crippen LogP contribution in [0.2, 0.25) is 0 Å². The predicted octanol–water partition coefficient (Wildman–Crippen LogP) is 0.568. The van der Waals surface area contributed by atoms with Gasteiger partial charge in [-0.2, -0.15) is 0 Å². The van der Waals surface area contributed by atoms with Crippen LogP contribution in [0.3, 0.4) is 0 Å². The lowest BCUT2D eigenvalue weighted by molar-refractivity contribution is -0.164. The molecule has 180 valence electrons. The minimum Gasteiger partial charge on any atom is -0.392 e. The van der Waals surface area contributed by atoms with Gasteiger partial charge in [0.25, 0.3) is 0 Å². The van der Waals surface area contributed by atoms with Crippen LogP contribution in [0.5, 0.6) is 0 Å². The third kappa shape index (κ3) is 8.15. The monoisotopic (exact) mass is 435 g/mol. The fourth-order valence-electron chi connectivity index (χ4n) is 4.09. The number of hydrogen-bond donors (Lipinski definition) is 5. The van der Waals surface area contributed by atoms with E-state index < -0.39 is 41.5 Å². The summed E-state index contributed by atoms with van der Waals surface area (Å²) in [6.45, 7) is 10.8. The quantitative estimate of drug-likeness (QED) is 0.236. The number of hydrogen-bond acceptors (Lipinski definition) is 8. The van der Waals surface area contributed by atoms with E-state index >= 15 is 0 Å². The number of likely N-dealkylation sites (N-methyl/N-ethyl adjacent to an activating group) is 1. The summed E-state index contributed by atoms with van der Waals surface area (Å²) in [7, 11) is 3.33. The van der Waals surface area contributed by atoms with E-state index in [1.807, 2.05) is 32.7 Å². The molecule has 3 unspecified atom stereocenters. The normalized spacial score (nSPS) is 23.5.